The van der Waals surface area contributed by atoms with Crippen molar-refractivity contribution in [2.24, 2.45) is 0 Å². The van der Waals surface area contributed by atoms with Crippen LogP contribution in [0, 0.1) is 6.92 Å². The molecule has 5 nitrogen and oxygen atoms in total. The van der Waals surface area contributed by atoms with Crippen LogP contribution in [0.15, 0.2) is 29.2 Å². The quantitative estimate of drug-likeness (QED) is 0.765. The molecule has 1 atom stereocenters. The number of benzene rings is 1. The Bertz CT molecular complexity index is 524. The Morgan fingerprint density at radius 3 is 2.59 bits per heavy atom. The van der Waals surface area contributed by atoms with Crippen LogP contribution >= 0.6 is 0 Å². The Hall–Kier alpha value is -0.950. The van der Waals surface area contributed by atoms with Gasteiger partial charge in [0.1, 0.15) is 6.10 Å². The van der Waals surface area contributed by atoms with Gasteiger partial charge in [0.25, 0.3) is 10.1 Å². The van der Waals surface area contributed by atoms with Gasteiger partial charge in [-0.15, -0.1) is 0 Å². The summed E-state index contributed by atoms with van der Waals surface area (Å²) in [7, 11) is -6.62. The molecular weight excluding hydrogens is 244 g/mol. The molecule has 0 spiro atoms. The summed E-state index contributed by atoms with van der Waals surface area (Å²) in [5, 5.41) is 9.40. The zero-order valence-electron chi connectivity index (χ0n) is 12.3. The van der Waals surface area contributed by atoms with Gasteiger partial charge >= 0.3 is 0 Å². The smallest absolute Gasteiger partial charge is 0.297 e. The summed E-state index contributed by atoms with van der Waals surface area (Å²) in [5.41, 5.74) is 0.898. The normalized spacial score (nSPS) is 16.9. The van der Waals surface area contributed by atoms with Crippen LogP contribution in [-0.4, -0.2) is 39.9 Å². The molecule has 0 aliphatic heterocycles. The average Bonchev–Trinajstić information content (AvgIpc) is 2.34. The van der Waals surface area contributed by atoms with E-state index in [2.05, 4.69) is 8.92 Å². The lowest BCUT2D eigenvalue weighted by Gasteiger charge is -2.10. The van der Waals surface area contributed by atoms with Crippen molar-refractivity contribution in [1.29, 1.82) is 0 Å². The van der Waals surface area contributed by atoms with Crippen LogP contribution in [0.4, 0.5) is 0 Å². The zero-order chi connectivity index (χ0) is 15.4. The lowest BCUT2D eigenvalue weighted by Crippen LogP contribution is -2.23. The summed E-state index contributed by atoms with van der Waals surface area (Å²) >= 11 is 0. The van der Waals surface area contributed by atoms with E-state index in [1.165, 1.54) is 12.1 Å². The van der Waals surface area contributed by atoms with E-state index < -0.39 is 36.5 Å². The molecule has 0 aliphatic carbocycles. The molecule has 96 valence electrons. The van der Waals surface area contributed by atoms with Crippen LogP contribution in [0.5, 0.6) is 0 Å². The highest BCUT2D eigenvalue weighted by Crippen LogP contribution is 2.13. The first-order chi connectivity index (χ1) is 9.10. The molecule has 0 radical (unpaired) electrons. The van der Waals surface area contributed by atoms with Gasteiger partial charge in [0.2, 0.25) is 0 Å². The molecule has 1 aromatic carbocycles. The van der Waals surface area contributed by atoms with Gasteiger partial charge in [-0.3, -0.25) is 4.18 Å². The largest absolute Gasteiger partial charge is 0.388 e. The average molecular weight is 263 g/mol. The number of hydrogen-bond donors (Lipinski definition) is 1. The third-order valence-electron chi connectivity index (χ3n) is 2.00. The number of aliphatic hydroxyl groups is 1. The Morgan fingerprint density at radius 2 is 2.00 bits per heavy atom. The molecule has 1 N–H and O–H groups in total. The topological polar surface area (TPSA) is 72.8 Å². The first-order valence-electron chi connectivity index (χ1n) is 6.38. The van der Waals surface area contributed by atoms with E-state index in [-0.39, 0.29) is 4.90 Å². The fourth-order valence-corrected chi connectivity index (χ4v) is 2.03. The summed E-state index contributed by atoms with van der Waals surface area (Å²) in [6, 6.07) is 6.00. The summed E-state index contributed by atoms with van der Waals surface area (Å²) in [4.78, 5) is -0.0351. The van der Waals surface area contributed by atoms with E-state index in [1.54, 1.807) is 12.1 Å². The molecule has 1 unspecified atom stereocenters. The highest BCUT2D eigenvalue weighted by Gasteiger charge is 2.17. The molecule has 1 aromatic rings. The highest BCUT2D eigenvalue weighted by molar-refractivity contribution is 7.86. The van der Waals surface area contributed by atoms with Crippen molar-refractivity contribution in [3.05, 3.63) is 29.8 Å². The van der Waals surface area contributed by atoms with Crippen LogP contribution in [0.25, 0.3) is 0 Å². The standard InChI is InChI=1S/C11H16O5S/c1-9-3-5-11(6-4-9)17(13,14)16-8-10(12)7-15-2/h3-6,10,12H,7-8H2,1-2H3/i2D3. The maximum atomic E-state index is 11.8. The van der Waals surface area contributed by atoms with Crippen molar-refractivity contribution >= 4 is 10.1 Å². The first kappa shape index (κ1) is 10.0. The number of ether oxygens (including phenoxy) is 1. The molecule has 17 heavy (non-hydrogen) atoms. The highest BCUT2D eigenvalue weighted by atomic mass is 32.2. The summed E-state index contributed by atoms with van der Waals surface area (Å²) in [6.45, 7) is 0.694. The van der Waals surface area contributed by atoms with Gasteiger partial charge in [-0.2, -0.15) is 8.42 Å². The van der Waals surface area contributed by atoms with Gasteiger partial charge in [-0.05, 0) is 19.1 Å². The maximum absolute atomic E-state index is 11.8. The monoisotopic (exact) mass is 263 g/mol. The van der Waals surface area contributed by atoms with E-state index in [0.717, 1.165) is 5.56 Å². The molecule has 0 aromatic heterocycles. The summed E-state index contributed by atoms with van der Waals surface area (Å²) < 4.78 is 52.8. The predicted octanol–water partition coefficient (Wildman–Crippen LogP) is 0.708. The van der Waals surface area contributed by atoms with Crippen LogP contribution in [0.2, 0.25) is 0 Å². The van der Waals surface area contributed by atoms with Crippen molar-refractivity contribution in [3.63, 3.8) is 0 Å². The molecule has 1 rings (SSSR count). The first-order valence-corrected chi connectivity index (χ1v) is 6.29. The zero-order valence-corrected chi connectivity index (χ0v) is 10.1. The molecule has 0 saturated carbocycles. The van der Waals surface area contributed by atoms with Gasteiger partial charge in [-0.25, -0.2) is 0 Å². The molecule has 0 bridgehead atoms. The predicted molar refractivity (Wildman–Crippen MR) is 62.2 cm³/mol. The van der Waals surface area contributed by atoms with Gasteiger partial charge in [0.05, 0.1) is 22.2 Å². The molecule has 0 saturated heterocycles. The second-order valence-corrected chi connectivity index (χ2v) is 5.13. The van der Waals surface area contributed by atoms with Crippen LogP contribution in [0.1, 0.15) is 9.68 Å². The minimum absolute atomic E-state index is 0.0351. The Balaban J connectivity index is 2.53. The van der Waals surface area contributed by atoms with E-state index in [0.29, 0.717) is 0 Å². The number of rotatable bonds is 6. The minimum Gasteiger partial charge on any atom is -0.388 e. The Kier molecular flexibility index (Phi) is 3.60. The fraction of sp³-hybridized carbons (Fsp3) is 0.455. The fourth-order valence-electron chi connectivity index (χ4n) is 1.09. The maximum Gasteiger partial charge on any atom is 0.297 e. The second kappa shape index (κ2) is 6.11. The second-order valence-electron chi connectivity index (χ2n) is 3.52. The minimum atomic E-state index is -3.98. The number of methoxy groups -OCH3 is 1. The van der Waals surface area contributed by atoms with Gasteiger partial charge in [0, 0.05) is 7.04 Å². The number of aryl methyl sites for hydroxylation is 1. The van der Waals surface area contributed by atoms with Gasteiger partial charge in [-0.1, -0.05) is 17.7 Å². The van der Waals surface area contributed by atoms with Crippen molar-refractivity contribution in [2.75, 3.05) is 20.3 Å². The lowest BCUT2D eigenvalue weighted by molar-refractivity contribution is 0.0342. The SMILES string of the molecule is [2H]C([2H])([2H])OCC(O)COS(=O)(=O)c1ccc(C)cc1. The molecule has 0 heterocycles. The number of hydrogen-bond acceptors (Lipinski definition) is 5. The van der Waals surface area contributed by atoms with Crippen molar-refractivity contribution in [2.45, 2.75) is 17.9 Å². The van der Waals surface area contributed by atoms with Crippen LogP contribution in [0.3, 0.4) is 0 Å². The molecular formula is C11H16O5S. The molecule has 6 heteroatoms. The summed E-state index contributed by atoms with van der Waals surface area (Å²) in [5.74, 6) is 0. The van der Waals surface area contributed by atoms with Gasteiger partial charge in [0.15, 0.2) is 0 Å². The van der Waals surface area contributed by atoms with E-state index >= 15 is 0 Å². The summed E-state index contributed by atoms with van der Waals surface area (Å²) in [6.07, 6.45) is -1.35. The molecule has 0 aliphatic rings. The third-order valence-corrected chi connectivity index (χ3v) is 3.30. The van der Waals surface area contributed by atoms with Crippen molar-refractivity contribution in [3.8, 4) is 0 Å². The Labute approximate surface area is 105 Å². The van der Waals surface area contributed by atoms with E-state index in [1.807, 2.05) is 6.92 Å². The van der Waals surface area contributed by atoms with Crippen LogP contribution < -0.4 is 0 Å². The number of aliphatic hydroxyl groups excluding tert-OH is 1. The van der Waals surface area contributed by atoms with Crippen molar-refractivity contribution in [1.82, 2.24) is 0 Å². The van der Waals surface area contributed by atoms with E-state index in [9.17, 15) is 13.5 Å². The Morgan fingerprint density at radius 1 is 1.35 bits per heavy atom. The van der Waals surface area contributed by atoms with E-state index in [4.69, 9.17) is 4.11 Å². The van der Waals surface area contributed by atoms with Crippen molar-refractivity contribution < 1.29 is 26.6 Å². The third kappa shape index (κ3) is 4.43. The molecule has 0 fully saturated rings. The van der Waals surface area contributed by atoms with Gasteiger partial charge < -0.3 is 9.84 Å². The lowest BCUT2D eigenvalue weighted by atomic mass is 10.2. The molecule has 0 amide bonds. The van der Waals surface area contributed by atoms with Crippen LogP contribution in [-0.2, 0) is 19.0 Å².